The van der Waals surface area contributed by atoms with Crippen LogP contribution in [0.5, 0.6) is 0 Å². The zero-order chi connectivity index (χ0) is 16.2. The van der Waals surface area contributed by atoms with Crippen LogP contribution in [-0.2, 0) is 13.1 Å². The summed E-state index contributed by atoms with van der Waals surface area (Å²) < 4.78 is 0. The number of piperazine rings is 1. The van der Waals surface area contributed by atoms with E-state index in [1.807, 2.05) is 12.3 Å². The minimum Gasteiger partial charge on any atom is -0.295 e. The first-order chi connectivity index (χ1) is 11.9. The summed E-state index contributed by atoms with van der Waals surface area (Å²) in [4.78, 5) is 15.5. The fraction of sp³-hybridized carbons (Fsp3) is 0.333. The van der Waals surface area contributed by atoms with Crippen molar-refractivity contribution in [2.24, 2.45) is 0 Å². The number of pyridine rings is 1. The maximum atomic E-state index is 4.80. The highest BCUT2D eigenvalue weighted by atomic mass is 32.1. The van der Waals surface area contributed by atoms with Crippen LogP contribution in [0.25, 0.3) is 9.88 Å². The molecule has 1 saturated heterocycles. The van der Waals surface area contributed by atoms with Crippen LogP contribution in [0.4, 0.5) is 0 Å². The number of thiazole rings is 1. The highest BCUT2D eigenvalue weighted by Crippen LogP contribution is 2.28. The molecule has 0 saturated carbocycles. The summed E-state index contributed by atoms with van der Waals surface area (Å²) in [5.74, 6) is 0. The van der Waals surface area contributed by atoms with Gasteiger partial charge in [-0.05, 0) is 23.6 Å². The summed E-state index contributed by atoms with van der Waals surface area (Å²) in [5.41, 5.74) is 2.35. The van der Waals surface area contributed by atoms with Crippen LogP contribution in [0.15, 0.2) is 47.3 Å². The van der Waals surface area contributed by atoms with E-state index in [2.05, 4.69) is 49.8 Å². The molecule has 4 rings (SSSR count). The first-order valence-corrected chi connectivity index (χ1v) is 9.96. The van der Waals surface area contributed by atoms with E-state index < -0.39 is 0 Å². The van der Waals surface area contributed by atoms with Gasteiger partial charge in [-0.2, -0.15) is 0 Å². The van der Waals surface area contributed by atoms with Crippen molar-refractivity contribution in [3.05, 3.63) is 58.7 Å². The second kappa shape index (κ2) is 7.53. The lowest BCUT2D eigenvalue weighted by Crippen LogP contribution is -2.45. The molecule has 1 fully saturated rings. The number of hydrogen-bond donors (Lipinski definition) is 0. The fourth-order valence-corrected chi connectivity index (χ4v) is 4.57. The van der Waals surface area contributed by atoms with E-state index in [9.17, 15) is 0 Å². The van der Waals surface area contributed by atoms with Crippen LogP contribution < -0.4 is 0 Å². The molecule has 0 aromatic carbocycles. The van der Waals surface area contributed by atoms with Crippen molar-refractivity contribution >= 4 is 22.7 Å². The Bertz CT molecular complexity index is 746. The molecular weight excluding hydrogens is 336 g/mol. The Morgan fingerprint density at radius 3 is 2.33 bits per heavy atom. The van der Waals surface area contributed by atoms with Crippen molar-refractivity contribution < 1.29 is 0 Å². The van der Waals surface area contributed by atoms with Crippen LogP contribution in [0.2, 0.25) is 0 Å². The minimum atomic E-state index is 0.952. The van der Waals surface area contributed by atoms with Crippen LogP contribution in [0.3, 0.4) is 0 Å². The Labute approximate surface area is 150 Å². The molecule has 0 bridgehead atoms. The summed E-state index contributed by atoms with van der Waals surface area (Å²) in [5, 5.41) is 5.46. The molecule has 0 spiro atoms. The van der Waals surface area contributed by atoms with Gasteiger partial charge in [0.15, 0.2) is 0 Å². The van der Waals surface area contributed by atoms with Crippen molar-refractivity contribution in [3.8, 4) is 9.88 Å². The second-order valence-electron chi connectivity index (χ2n) is 5.99. The number of thiophene rings is 1. The fourth-order valence-electron chi connectivity index (χ4n) is 2.95. The molecule has 3 aromatic rings. The van der Waals surface area contributed by atoms with Crippen molar-refractivity contribution in [2.75, 3.05) is 26.2 Å². The van der Waals surface area contributed by atoms with E-state index in [0.29, 0.717) is 0 Å². The van der Waals surface area contributed by atoms with Gasteiger partial charge < -0.3 is 0 Å². The van der Waals surface area contributed by atoms with Gasteiger partial charge in [-0.3, -0.25) is 14.8 Å². The standard InChI is InChI=1S/C18H20N4S2/c1-2-6-19-15(4-1)12-21-7-9-22(10-8-21)13-16-14-24-18(20-16)17-5-3-11-23-17/h1-6,11,14H,7-10,12-13H2. The quantitative estimate of drug-likeness (QED) is 0.699. The number of aromatic nitrogens is 2. The third-order valence-electron chi connectivity index (χ3n) is 4.25. The van der Waals surface area contributed by atoms with Gasteiger partial charge in [-0.1, -0.05) is 12.1 Å². The van der Waals surface area contributed by atoms with Crippen LogP contribution in [0, 0.1) is 0 Å². The van der Waals surface area contributed by atoms with Gasteiger partial charge in [0.25, 0.3) is 0 Å². The molecule has 6 heteroatoms. The van der Waals surface area contributed by atoms with Gasteiger partial charge >= 0.3 is 0 Å². The number of hydrogen-bond acceptors (Lipinski definition) is 6. The SMILES string of the molecule is c1ccc(CN2CCN(Cc3csc(-c4cccs4)n3)CC2)nc1. The highest BCUT2D eigenvalue weighted by molar-refractivity contribution is 7.20. The average molecular weight is 357 g/mol. The van der Waals surface area contributed by atoms with Gasteiger partial charge in [0.1, 0.15) is 5.01 Å². The predicted octanol–water partition coefficient (Wildman–Crippen LogP) is 3.58. The van der Waals surface area contributed by atoms with Gasteiger partial charge in [0, 0.05) is 50.8 Å². The summed E-state index contributed by atoms with van der Waals surface area (Å²) >= 11 is 3.51. The van der Waals surface area contributed by atoms with E-state index in [4.69, 9.17) is 4.98 Å². The van der Waals surface area contributed by atoms with Crippen LogP contribution in [0.1, 0.15) is 11.4 Å². The number of rotatable bonds is 5. The Balaban J connectivity index is 1.29. The lowest BCUT2D eigenvalue weighted by molar-refractivity contribution is 0.120. The van der Waals surface area contributed by atoms with Crippen molar-refractivity contribution in [1.29, 1.82) is 0 Å². The van der Waals surface area contributed by atoms with Gasteiger partial charge in [0.05, 0.1) is 16.3 Å². The Kier molecular flexibility index (Phi) is 4.99. The summed E-state index contributed by atoms with van der Waals surface area (Å²) in [6.45, 7) is 6.29. The molecule has 1 aliphatic rings. The smallest absolute Gasteiger partial charge is 0.133 e. The molecule has 3 aromatic heterocycles. The Morgan fingerprint density at radius 1 is 0.875 bits per heavy atom. The molecule has 0 aliphatic carbocycles. The monoisotopic (exact) mass is 356 g/mol. The normalized spacial score (nSPS) is 16.5. The maximum Gasteiger partial charge on any atom is 0.133 e. The molecule has 124 valence electrons. The zero-order valence-electron chi connectivity index (χ0n) is 13.5. The van der Waals surface area contributed by atoms with Crippen molar-refractivity contribution in [2.45, 2.75) is 13.1 Å². The average Bonchev–Trinajstić information content (AvgIpc) is 3.29. The summed E-state index contributed by atoms with van der Waals surface area (Å²) in [6.07, 6.45) is 1.87. The van der Waals surface area contributed by atoms with E-state index >= 15 is 0 Å². The third kappa shape index (κ3) is 3.89. The van der Waals surface area contributed by atoms with E-state index in [1.54, 1.807) is 22.7 Å². The predicted molar refractivity (Wildman–Crippen MR) is 100 cm³/mol. The van der Waals surface area contributed by atoms with Gasteiger partial charge in [0.2, 0.25) is 0 Å². The lowest BCUT2D eigenvalue weighted by atomic mass is 10.2. The molecule has 4 nitrogen and oxygen atoms in total. The molecule has 1 aliphatic heterocycles. The van der Waals surface area contributed by atoms with Crippen LogP contribution in [-0.4, -0.2) is 45.9 Å². The van der Waals surface area contributed by atoms with E-state index in [-0.39, 0.29) is 0 Å². The highest BCUT2D eigenvalue weighted by Gasteiger charge is 2.18. The third-order valence-corrected chi connectivity index (χ3v) is 6.18. The Morgan fingerprint density at radius 2 is 1.67 bits per heavy atom. The molecule has 0 N–H and O–H groups in total. The molecule has 0 unspecified atom stereocenters. The maximum absolute atomic E-state index is 4.80. The molecule has 0 radical (unpaired) electrons. The van der Waals surface area contributed by atoms with Crippen LogP contribution >= 0.6 is 22.7 Å². The molecule has 24 heavy (non-hydrogen) atoms. The van der Waals surface area contributed by atoms with Crippen molar-refractivity contribution in [1.82, 2.24) is 19.8 Å². The second-order valence-corrected chi connectivity index (χ2v) is 7.80. The Hall–Kier alpha value is -1.60. The van der Waals surface area contributed by atoms with E-state index in [1.165, 1.54) is 10.6 Å². The topological polar surface area (TPSA) is 32.3 Å². The number of nitrogens with zero attached hydrogens (tertiary/aromatic N) is 4. The molecule has 0 amide bonds. The largest absolute Gasteiger partial charge is 0.295 e. The van der Waals surface area contributed by atoms with Crippen molar-refractivity contribution in [3.63, 3.8) is 0 Å². The summed E-state index contributed by atoms with van der Waals surface area (Å²) in [7, 11) is 0. The first-order valence-electron chi connectivity index (χ1n) is 8.20. The molecule has 0 atom stereocenters. The lowest BCUT2D eigenvalue weighted by Gasteiger charge is -2.34. The van der Waals surface area contributed by atoms with Gasteiger partial charge in [-0.15, -0.1) is 22.7 Å². The van der Waals surface area contributed by atoms with E-state index in [0.717, 1.165) is 50.0 Å². The molecular formula is C18H20N4S2. The zero-order valence-corrected chi connectivity index (χ0v) is 15.1. The first kappa shape index (κ1) is 15.9. The summed E-state index contributed by atoms with van der Waals surface area (Å²) in [6, 6.07) is 10.4. The van der Waals surface area contributed by atoms with Gasteiger partial charge in [-0.25, -0.2) is 4.98 Å². The molecule has 4 heterocycles. The minimum absolute atomic E-state index is 0.952.